The van der Waals surface area contributed by atoms with Gasteiger partial charge in [0, 0.05) is 6.92 Å². The molecule has 0 fully saturated rings. The van der Waals surface area contributed by atoms with E-state index < -0.39 is 5.60 Å². The zero-order chi connectivity index (χ0) is 11.9. The molecule has 0 bridgehead atoms. The number of hydrogen-bond donors (Lipinski definition) is 0. The molecule has 0 aliphatic carbocycles. The van der Waals surface area contributed by atoms with Crippen LogP contribution in [0.2, 0.25) is 0 Å². The van der Waals surface area contributed by atoms with Crippen molar-refractivity contribution in [3.05, 3.63) is 0 Å². The summed E-state index contributed by atoms with van der Waals surface area (Å²) >= 11 is 0. The Morgan fingerprint density at radius 2 is 1.73 bits per heavy atom. The number of carbonyl (C=O) groups excluding carboxylic acids is 2. The molecular formula is C12H22O3. The Morgan fingerprint density at radius 3 is 2.13 bits per heavy atom. The van der Waals surface area contributed by atoms with E-state index >= 15 is 0 Å². The minimum absolute atomic E-state index is 0.0748. The van der Waals surface area contributed by atoms with Gasteiger partial charge in [-0.3, -0.25) is 9.59 Å². The van der Waals surface area contributed by atoms with Crippen LogP contribution in [0.4, 0.5) is 0 Å². The number of rotatable bonds is 7. The van der Waals surface area contributed by atoms with Crippen LogP contribution >= 0.6 is 0 Å². The summed E-state index contributed by atoms with van der Waals surface area (Å²) < 4.78 is 5.09. The summed E-state index contributed by atoms with van der Waals surface area (Å²) in [5.74, 6) is -0.461. The van der Waals surface area contributed by atoms with Gasteiger partial charge < -0.3 is 4.74 Å². The molecule has 3 nitrogen and oxygen atoms in total. The molecule has 0 aromatic heterocycles. The van der Waals surface area contributed by atoms with Gasteiger partial charge in [-0.15, -0.1) is 0 Å². The largest absolute Gasteiger partial charge is 0.452 e. The summed E-state index contributed by atoms with van der Waals surface area (Å²) in [5.41, 5.74) is -0.917. The van der Waals surface area contributed by atoms with E-state index in [1.165, 1.54) is 13.8 Å². The third kappa shape index (κ3) is 5.55. The summed E-state index contributed by atoms with van der Waals surface area (Å²) in [6.07, 6.45) is 4.96. The number of carbonyl (C=O) groups is 2. The van der Waals surface area contributed by atoms with Crippen LogP contribution in [0, 0.1) is 0 Å². The molecule has 0 rings (SSSR count). The van der Waals surface area contributed by atoms with Gasteiger partial charge in [-0.05, 0) is 26.7 Å². The molecule has 0 aliphatic heterocycles. The van der Waals surface area contributed by atoms with Crippen molar-refractivity contribution in [3.63, 3.8) is 0 Å². The van der Waals surface area contributed by atoms with E-state index in [0.717, 1.165) is 25.7 Å². The maximum Gasteiger partial charge on any atom is 0.303 e. The van der Waals surface area contributed by atoms with Gasteiger partial charge in [-0.25, -0.2) is 0 Å². The van der Waals surface area contributed by atoms with Gasteiger partial charge in [-0.1, -0.05) is 26.2 Å². The topological polar surface area (TPSA) is 43.4 Å². The molecule has 0 aromatic rings. The minimum Gasteiger partial charge on any atom is -0.452 e. The average Bonchev–Trinajstić information content (AvgIpc) is 2.11. The second-order valence-corrected chi connectivity index (χ2v) is 4.19. The number of unbranched alkanes of at least 4 members (excludes halogenated alkanes) is 3. The molecule has 88 valence electrons. The lowest BCUT2D eigenvalue weighted by Gasteiger charge is -2.26. The molecule has 3 heteroatoms. The first-order valence-corrected chi connectivity index (χ1v) is 5.63. The molecule has 0 saturated carbocycles. The van der Waals surface area contributed by atoms with E-state index in [0.29, 0.717) is 6.42 Å². The SMILES string of the molecule is CCCCCC[C@@](C)(OC(C)=O)C(C)=O. The van der Waals surface area contributed by atoms with Crippen molar-refractivity contribution in [3.8, 4) is 0 Å². The molecule has 0 unspecified atom stereocenters. The Balaban J connectivity index is 4.14. The first kappa shape index (κ1) is 14.1. The van der Waals surface area contributed by atoms with Gasteiger partial charge in [0.2, 0.25) is 0 Å². The van der Waals surface area contributed by atoms with Crippen molar-refractivity contribution >= 4 is 11.8 Å². The van der Waals surface area contributed by atoms with Gasteiger partial charge in [0.25, 0.3) is 0 Å². The molecule has 0 aliphatic rings. The lowest BCUT2D eigenvalue weighted by Crippen LogP contribution is -2.38. The highest BCUT2D eigenvalue weighted by molar-refractivity contribution is 5.86. The van der Waals surface area contributed by atoms with Crippen LogP contribution in [0.5, 0.6) is 0 Å². The van der Waals surface area contributed by atoms with E-state index in [-0.39, 0.29) is 11.8 Å². The van der Waals surface area contributed by atoms with Gasteiger partial charge in [-0.2, -0.15) is 0 Å². The summed E-state index contributed by atoms with van der Waals surface area (Å²) in [7, 11) is 0. The number of ether oxygens (including phenoxy) is 1. The fourth-order valence-corrected chi connectivity index (χ4v) is 1.51. The van der Waals surface area contributed by atoms with E-state index in [9.17, 15) is 9.59 Å². The Morgan fingerprint density at radius 1 is 1.13 bits per heavy atom. The molecule has 0 radical (unpaired) electrons. The number of Topliss-reactive ketones (excluding diaryl/α,β-unsaturated/α-hetero) is 1. The second-order valence-electron chi connectivity index (χ2n) is 4.19. The summed E-state index contributed by atoms with van der Waals surface area (Å²) in [6, 6.07) is 0. The number of ketones is 1. The van der Waals surface area contributed by atoms with Crippen LogP contribution in [-0.4, -0.2) is 17.4 Å². The van der Waals surface area contributed by atoms with E-state index in [1.807, 2.05) is 0 Å². The van der Waals surface area contributed by atoms with Crippen LogP contribution in [0.1, 0.15) is 59.8 Å². The predicted molar refractivity (Wildman–Crippen MR) is 59.6 cm³/mol. The smallest absolute Gasteiger partial charge is 0.303 e. The van der Waals surface area contributed by atoms with Crippen molar-refractivity contribution in [1.82, 2.24) is 0 Å². The average molecular weight is 214 g/mol. The Kier molecular flexibility index (Phi) is 6.21. The molecule has 0 N–H and O–H groups in total. The van der Waals surface area contributed by atoms with E-state index in [1.54, 1.807) is 6.92 Å². The van der Waals surface area contributed by atoms with Crippen molar-refractivity contribution < 1.29 is 14.3 Å². The molecule has 0 heterocycles. The zero-order valence-corrected chi connectivity index (χ0v) is 10.3. The zero-order valence-electron chi connectivity index (χ0n) is 10.3. The lowest BCUT2D eigenvalue weighted by molar-refractivity contribution is -0.163. The third-order valence-electron chi connectivity index (χ3n) is 2.62. The molecule has 0 amide bonds. The van der Waals surface area contributed by atoms with Crippen molar-refractivity contribution in [2.24, 2.45) is 0 Å². The van der Waals surface area contributed by atoms with Gasteiger partial charge in [0.15, 0.2) is 11.4 Å². The van der Waals surface area contributed by atoms with Crippen LogP contribution in [-0.2, 0) is 14.3 Å². The van der Waals surface area contributed by atoms with Crippen LogP contribution in [0.15, 0.2) is 0 Å². The Bertz CT molecular complexity index is 223. The maximum atomic E-state index is 11.4. The fraction of sp³-hybridized carbons (Fsp3) is 0.833. The van der Waals surface area contributed by atoms with Crippen molar-refractivity contribution in [2.75, 3.05) is 0 Å². The number of hydrogen-bond acceptors (Lipinski definition) is 3. The van der Waals surface area contributed by atoms with Crippen LogP contribution in [0.3, 0.4) is 0 Å². The monoisotopic (exact) mass is 214 g/mol. The Labute approximate surface area is 92.2 Å². The third-order valence-corrected chi connectivity index (χ3v) is 2.62. The second kappa shape index (κ2) is 6.59. The summed E-state index contributed by atoms with van der Waals surface area (Å²) in [6.45, 7) is 6.65. The summed E-state index contributed by atoms with van der Waals surface area (Å²) in [4.78, 5) is 22.3. The summed E-state index contributed by atoms with van der Waals surface area (Å²) in [5, 5.41) is 0. The number of esters is 1. The molecule has 0 spiro atoms. The van der Waals surface area contributed by atoms with Gasteiger partial charge in [0.1, 0.15) is 0 Å². The molecule has 15 heavy (non-hydrogen) atoms. The predicted octanol–water partition coefficient (Wildman–Crippen LogP) is 2.87. The molecular weight excluding hydrogens is 192 g/mol. The quantitative estimate of drug-likeness (QED) is 0.483. The van der Waals surface area contributed by atoms with Crippen molar-refractivity contribution in [1.29, 1.82) is 0 Å². The fourth-order valence-electron chi connectivity index (χ4n) is 1.51. The molecule has 0 aromatic carbocycles. The van der Waals surface area contributed by atoms with E-state index in [2.05, 4.69) is 6.92 Å². The highest BCUT2D eigenvalue weighted by Crippen LogP contribution is 2.21. The van der Waals surface area contributed by atoms with Crippen molar-refractivity contribution in [2.45, 2.75) is 65.4 Å². The Hall–Kier alpha value is -0.860. The minimum atomic E-state index is -0.917. The molecule has 0 saturated heterocycles. The van der Waals surface area contributed by atoms with E-state index in [4.69, 9.17) is 4.74 Å². The maximum absolute atomic E-state index is 11.4. The first-order chi connectivity index (χ1) is 6.92. The molecule has 1 atom stereocenters. The first-order valence-electron chi connectivity index (χ1n) is 5.63. The highest BCUT2D eigenvalue weighted by Gasteiger charge is 2.32. The normalized spacial score (nSPS) is 14.4. The van der Waals surface area contributed by atoms with Gasteiger partial charge in [0.05, 0.1) is 0 Å². The standard InChI is InChI=1S/C12H22O3/c1-5-6-7-8-9-12(4,10(2)13)15-11(3)14/h5-9H2,1-4H3/t12-/m1/s1. The lowest BCUT2D eigenvalue weighted by atomic mass is 9.94. The van der Waals surface area contributed by atoms with Gasteiger partial charge >= 0.3 is 5.97 Å². The van der Waals surface area contributed by atoms with Crippen LogP contribution in [0.25, 0.3) is 0 Å². The van der Waals surface area contributed by atoms with Crippen LogP contribution < -0.4 is 0 Å². The highest BCUT2D eigenvalue weighted by atomic mass is 16.6.